The fourth-order valence-corrected chi connectivity index (χ4v) is 1.94. The third-order valence-corrected chi connectivity index (χ3v) is 3.00. The molecule has 0 radical (unpaired) electrons. The molecule has 1 aromatic heterocycles. The Morgan fingerprint density at radius 2 is 1.95 bits per heavy atom. The van der Waals surface area contributed by atoms with Gasteiger partial charge in [0.15, 0.2) is 5.69 Å². The van der Waals surface area contributed by atoms with E-state index in [1.54, 1.807) is 30.5 Å². The molecule has 0 aliphatic heterocycles. The Morgan fingerprint density at radius 3 is 2.73 bits per heavy atom. The number of hydrogen-bond acceptors (Lipinski definition) is 4. The van der Waals surface area contributed by atoms with Gasteiger partial charge in [-0.1, -0.05) is 29.5 Å². The van der Waals surface area contributed by atoms with Crippen LogP contribution in [0.2, 0.25) is 0 Å². The van der Waals surface area contributed by atoms with E-state index in [1.165, 1.54) is 4.68 Å². The van der Waals surface area contributed by atoms with Crippen molar-refractivity contribution < 1.29 is 4.79 Å². The number of anilines is 1. The monoisotopic (exact) mass is 289 g/mol. The molecule has 0 spiro atoms. The van der Waals surface area contributed by atoms with Gasteiger partial charge in [0.25, 0.3) is 5.91 Å². The zero-order chi connectivity index (χ0) is 15.4. The lowest BCUT2D eigenvalue weighted by Gasteiger charge is -2.02. The molecule has 3 aromatic rings. The van der Waals surface area contributed by atoms with Gasteiger partial charge < -0.3 is 5.32 Å². The molecule has 0 atom stereocenters. The highest BCUT2D eigenvalue weighted by Crippen LogP contribution is 2.12. The van der Waals surface area contributed by atoms with E-state index < -0.39 is 0 Å². The minimum atomic E-state index is -0.378. The minimum absolute atomic E-state index is 0.200. The fraction of sp³-hybridized carbons (Fsp3) is 0. The number of carbonyl (C=O) groups excluding carboxylic acids is 1. The Hall–Kier alpha value is -3.46. The molecule has 1 heterocycles. The van der Waals surface area contributed by atoms with E-state index in [0.29, 0.717) is 11.3 Å². The highest BCUT2D eigenvalue weighted by molar-refractivity contribution is 6.02. The normalized spacial score (nSPS) is 9.95. The molecule has 0 fully saturated rings. The molecule has 0 aliphatic carbocycles. The Morgan fingerprint density at radius 1 is 1.14 bits per heavy atom. The molecule has 0 saturated heterocycles. The van der Waals surface area contributed by atoms with E-state index in [9.17, 15) is 4.79 Å². The van der Waals surface area contributed by atoms with Crippen LogP contribution in [-0.2, 0) is 0 Å². The molecule has 0 aliphatic rings. The largest absolute Gasteiger partial charge is 0.321 e. The zero-order valence-electron chi connectivity index (χ0n) is 11.5. The van der Waals surface area contributed by atoms with Crippen molar-refractivity contribution >= 4 is 11.6 Å². The van der Waals surface area contributed by atoms with E-state index in [4.69, 9.17) is 5.26 Å². The van der Waals surface area contributed by atoms with Gasteiger partial charge in [0.2, 0.25) is 0 Å². The first kappa shape index (κ1) is 13.5. The molecule has 1 N–H and O–H groups in total. The van der Waals surface area contributed by atoms with Gasteiger partial charge in [-0.15, -0.1) is 5.10 Å². The summed E-state index contributed by atoms with van der Waals surface area (Å²) in [5.41, 5.74) is 2.04. The van der Waals surface area contributed by atoms with Crippen LogP contribution in [-0.4, -0.2) is 20.9 Å². The molecule has 2 aromatic carbocycles. The Labute approximate surface area is 126 Å². The summed E-state index contributed by atoms with van der Waals surface area (Å²) in [6.45, 7) is 0. The van der Waals surface area contributed by atoms with Crippen LogP contribution in [0.3, 0.4) is 0 Å². The smallest absolute Gasteiger partial charge is 0.277 e. The van der Waals surface area contributed by atoms with E-state index >= 15 is 0 Å². The predicted molar refractivity (Wildman–Crippen MR) is 80.5 cm³/mol. The Bertz CT molecular complexity index is 848. The standard InChI is InChI=1S/C16H11N5O/c17-10-12-5-4-6-13(9-12)18-16(22)15-11-21(20-19-15)14-7-2-1-3-8-14/h1-9,11H,(H,18,22). The summed E-state index contributed by atoms with van der Waals surface area (Å²) in [7, 11) is 0. The van der Waals surface area contributed by atoms with Crippen molar-refractivity contribution in [2.75, 3.05) is 5.32 Å². The molecular formula is C16H11N5O. The summed E-state index contributed by atoms with van der Waals surface area (Å²) in [5, 5.41) is 19.3. The van der Waals surface area contributed by atoms with Crippen molar-refractivity contribution in [3.8, 4) is 11.8 Å². The number of nitrogens with one attached hydrogen (secondary N) is 1. The van der Waals surface area contributed by atoms with Crippen molar-refractivity contribution in [1.29, 1.82) is 5.26 Å². The molecule has 0 saturated carbocycles. The second-order valence-electron chi connectivity index (χ2n) is 4.53. The number of nitriles is 1. The van der Waals surface area contributed by atoms with Gasteiger partial charge in [0.05, 0.1) is 23.5 Å². The summed E-state index contributed by atoms with van der Waals surface area (Å²) in [4.78, 5) is 12.1. The lowest BCUT2D eigenvalue weighted by molar-refractivity contribution is 0.102. The highest BCUT2D eigenvalue weighted by atomic mass is 16.2. The van der Waals surface area contributed by atoms with Gasteiger partial charge in [0, 0.05) is 5.69 Å². The van der Waals surface area contributed by atoms with Crippen molar-refractivity contribution in [1.82, 2.24) is 15.0 Å². The quantitative estimate of drug-likeness (QED) is 0.802. The molecule has 106 valence electrons. The minimum Gasteiger partial charge on any atom is -0.321 e. The lowest BCUT2D eigenvalue weighted by Crippen LogP contribution is -2.12. The number of aromatic nitrogens is 3. The van der Waals surface area contributed by atoms with Crippen molar-refractivity contribution in [2.45, 2.75) is 0 Å². The SMILES string of the molecule is N#Cc1cccc(NC(=O)c2cn(-c3ccccc3)nn2)c1. The topological polar surface area (TPSA) is 83.6 Å². The van der Waals surface area contributed by atoms with E-state index in [1.807, 2.05) is 36.4 Å². The van der Waals surface area contributed by atoms with Crippen LogP contribution in [0.4, 0.5) is 5.69 Å². The number of carbonyl (C=O) groups is 1. The summed E-state index contributed by atoms with van der Waals surface area (Å²) in [6.07, 6.45) is 1.55. The number of amides is 1. The van der Waals surface area contributed by atoms with Gasteiger partial charge in [0.1, 0.15) is 0 Å². The molecular weight excluding hydrogens is 278 g/mol. The molecule has 1 amide bonds. The number of hydrogen-bond donors (Lipinski definition) is 1. The van der Waals surface area contributed by atoms with Crippen LogP contribution in [0.5, 0.6) is 0 Å². The van der Waals surface area contributed by atoms with Gasteiger partial charge in [-0.05, 0) is 30.3 Å². The van der Waals surface area contributed by atoms with E-state index in [-0.39, 0.29) is 11.6 Å². The van der Waals surface area contributed by atoms with Crippen LogP contribution in [0.1, 0.15) is 16.1 Å². The van der Waals surface area contributed by atoms with Crippen LogP contribution in [0, 0.1) is 11.3 Å². The predicted octanol–water partition coefficient (Wildman–Crippen LogP) is 2.39. The lowest BCUT2D eigenvalue weighted by atomic mass is 10.2. The van der Waals surface area contributed by atoms with E-state index in [0.717, 1.165) is 5.69 Å². The van der Waals surface area contributed by atoms with Crippen LogP contribution < -0.4 is 5.32 Å². The summed E-state index contributed by atoms with van der Waals surface area (Å²) in [6, 6.07) is 18.1. The fourth-order valence-electron chi connectivity index (χ4n) is 1.94. The third-order valence-electron chi connectivity index (χ3n) is 3.00. The Kier molecular flexibility index (Phi) is 3.62. The first-order valence-corrected chi connectivity index (χ1v) is 6.55. The molecule has 0 bridgehead atoms. The molecule has 0 unspecified atom stereocenters. The van der Waals surface area contributed by atoms with Gasteiger partial charge in [-0.2, -0.15) is 5.26 Å². The maximum atomic E-state index is 12.1. The molecule has 22 heavy (non-hydrogen) atoms. The maximum Gasteiger partial charge on any atom is 0.277 e. The number of para-hydroxylation sites is 1. The molecule has 3 rings (SSSR count). The van der Waals surface area contributed by atoms with Gasteiger partial charge in [-0.25, -0.2) is 4.68 Å². The number of rotatable bonds is 3. The second kappa shape index (κ2) is 5.89. The number of benzene rings is 2. The van der Waals surface area contributed by atoms with Gasteiger partial charge >= 0.3 is 0 Å². The van der Waals surface area contributed by atoms with Crippen molar-refractivity contribution in [3.05, 3.63) is 72.1 Å². The van der Waals surface area contributed by atoms with E-state index in [2.05, 4.69) is 15.6 Å². The van der Waals surface area contributed by atoms with Crippen LogP contribution >= 0.6 is 0 Å². The summed E-state index contributed by atoms with van der Waals surface area (Å²) >= 11 is 0. The first-order valence-electron chi connectivity index (χ1n) is 6.55. The summed E-state index contributed by atoms with van der Waals surface area (Å²) in [5.74, 6) is -0.378. The maximum absolute atomic E-state index is 12.1. The summed E-state index contributed by atoms with van der Waals surface area (Å²) < 4.78 is 1.53. The molecule has 6 heteroatoms. The van der Waals surface area contributed by atoms with Crippen molar-refractivity contribution in [2.24, 2.45) is 0 Å². The zero-order valence-corrected chi connectivity index (χ0v) is 11.5. The average Bonchev–Trinajstić information content (AvgIpc) is 3.06. The van der Waals surface area contributed by atoms with Crippen molar-refractivity contribution in [3.63, 3.8) is 0 Å². The molecule has 6 nitrogen and oxygen atoms in total. The van der Waals surface area contributed by atoms with Gasteiger partial charge in [-0.3, -0.25) is 4.79 Å². The Balaban J connectivity index is 1.79. The first-order chi connectivity index (χ1) is 10.8. The second-order valence-corrected chi connectivity index (χ2v) is 4.53. The average molecular weight is 289 g/mol. The van der Waals surface area contributed by atoms with Crippen LogP contribution in [0.15, 0.2) is 60.8 Å². The van der Waals surface area contributed by atoms with Crippen LogP contribution in [0.25, 0.3) is 5.69 Å². The third kappa shape index (κ3) is 2.83. The number of nitrogens with zero attached hydrogens (tertiary/aromatic N) is 4. The highest BCUT2D eigenvalue weighted by Gasteiger charge is 2.12.